The molecule has 0 radical (unpaired) electrons. The Labute approximate surface area is 150 Å². The van der Waals surface area contributed by atoms with Gasteiger partial charge in [0.2, 0.25) is 0 Å². The van der Waals surface area contributed by atoms with Crippen molar-refractivity contribution in [2.75, 3.05) is 20.1 Å². The fourth-order valence-electron chi connectivity index (χ4n) is 2.86. The lowest BCUT2D eigenvalue weighted by Gasteiger charge is -2.34. The fraction of sp³-hybridized carbons (Fsp3) is 0.375. The summed E-state index contributed by atoms with van der Waals surface area (Å²) in [5.41, 5.74) is 0.746. The summed E-state index contributed by atoms with van der Waals surface area (Å²) in [6.45, 7) is 0.642. The SMILES string of the molecule is CN(C(=O)O)C1CCN(S(=O)(=O)c2ccc(-c3ccccn3)s2)CC1. The summed E-state index contributed by atoms with van der Waals surface area (Å²) in [4.78, 5) is 17.3. The number of pyridine rings is 1. The van der Waals surface area contributed by atoms with Crippen LogP contribution in [0, 0.1) is 0 Å². The number of nitrogens with zero attached hydrogens (tertiary/aromatic N) is 3. The number of piperidine rings is 1. The number of amides is 1. The molecule has 1 saturated heterocycles. The van der Waals surface area contributed by atoms with Crippen LogP contribution in [0.1, 0.15) is 12.8 Å². The summed E-state index contributed by atoms with van der Waals surface area (Å²) in [7, 11) is -2.04. The Hall–Kier alpha value is -1.97. The second-order valence-electron chi connectivity index (χ2n) is 5.86. The molecule has 0 spiro atoms. The van der Waals surface area contributed by atoms with E-state index < -0.39 is 16.1 Å². The smallest absolute Gasteiger partial charge is 0.407 e. The molecule has 0 atom stereocenters. The molecule has 134 valence electrons. The van der Waals surface area contributed by atoms with Crippen molar-refractivity contribution in [2.24, 2.45) is 0 Å². The van der Waals surface area contributed by atoms with Crippen LogP contribution in [-0.2, 0) is 10.0 Å². The van der Waals surface area contributed by atoms with Gasteiger partial charge >= 0.3 is 6.09 Å². The number of thiophene rings is 1. The minimum atomic E-state index is -3.56. The Bertz CT molecular complexity index is 843. The Morgan fingerprint density at radius 2 is 2.00 bits per heavy atom. The molecule has 2 aromatic rings. The summed E-state index contributed by atoms with van der Waals surface area (Å²) in [5.74, 6) is 0. The third kappa shape index (κ3) is 3.68. The molecule has 0 aromatic carbocycles. The molecule has 1 N–H and O–H groups in total. The van der Waals surface area contributed by atoms with Crippen LogP contribution in [0.25, 0.3) is 10.6 Å². The Kier molecular flexibility index (Phi) is 5.07. The van der Waals surface area contributed by atoms with Gasteiger partial charge in [-0.25, -0.2) is 13.2 Å². The summed E-state index contributed by atoms with van der Waals surface area (Å²) >= 11 is 1.20. The van der Waals surface area contributed by atoms with Crippen molar-refractivity contribution in [3.63, 3.8) is 0 Å². The van der Waals surface area contributed by atoms with Crippen molar-refractivity contribution in [2.45, 2.75) is 23.1 Å². The molecule has 2 aromatic heterocycles. The van der Waals surface area contributed by atoms with Crippen LogP contribution in [0.15, 0.2) is 40.7 Å². The first-order valence-corrected chi connectivity index (χ1v) is 10.1. The van der Waals surface area contributed by atoms with E-state index in [1.165, 1.54) is 27.6 Å². The first-order chi connectivity index (χ1) is 11.9. The lowest BCUT2D eigenvalue weighted by Crippen LogP contribution is -2.46. The topological polar surface area (TPSA) is 90.8 Å². The van der Waals surface area contributed by atoms with E-state index >= 15 is 0 Å². The van der Waals surface area contributed by atoms with Gasteiger partial charge in [0, 0.05) is 32.4 Å². The summed E-state index contributed by atoms with van der Waals surface area (Å²) in [6.07, 6.45) is 1.69. The van der Waals surface area contributed by atoms with Gasteiger partial charge in [0.25, 0.3) is 10.0 Å². The molecule has 1 aliphatic rings. The first kappa shape index (κ1) is 17.8. The highest BCUT2D eigenvalue weighted by molar-refractivity contribution is 7.91. The molecule has 3 heterocycles. The van der Waals surface area contributed by atoms with E-state index in [-0.39, 0.29) is 10.3 Å². The molecule has 7 nitrogen and oxygen atoms in total. The number of hydrogen-bond acceptors (Lipinski definition) is 5. The lowest BCUT2D eigenvalue weighted by atomic mass is 10.1. The van der Waals surface area contributed by atoms with Crippen LogP contribution in [0.2, 0.25) is 0 Å². The lowest BCUT2D eigenvalue weighted by molar-refractivity contribution is 0.121. The number of carboxylic acid groups (broad SMARTS) is 1. The van der Waals surface area contributed by atoms with Crippen molar-refractivity contribution in [3.8, 4) is 10.6 Å². The van der Waals surface area contributed by atoms with Crippen molar-refractivity contribution in [3.05, 3.63) is 36.5 Å². The molecule has 0 aliphatic carbocycles. The quantitative estimate of drug-likeness (QED) is 0.879. The van der Waals surface area contributed by atoms with Gasteiger partial charge in [-0.15, -0.1) is 11.3 Å². The Morgan fingerprint density at radius 3 is 2.60 bits per heavy atom. The van der Waals surface area contributed by atoms with E-state index in [9.17, 15) is 13.2 Å². The van der Waals surface area contributed by atoms with E-state index in [2.05, 4.69) is 4.98 Å². The van der Waals surface area contributed by atoms with Crippen LogP contribution >= 0.6 is 11.3 Å². The van der Waals surface area contributed by atoms with Gasteiger partial charge in [-0.2, -0.15) is 4.31 Å². The number of carbonyl (C=O) groups is 1. The maximum absolute atomic E-state index is 12.8. The van der Waals surface area contributed by atoms with Crippen molar-refractivity contribution >= 4 is 27.5 Å². The largest absolute Gasteiger partial charge is 0.465 e. The maximum atomic E-state index is 12.8. The fourth-order valence-corrected chi connectivity index (χ4v) is 5.77. The van der Waals surface area contributed by atoms with Gasteiger partial charge in [0.15, 0.2) is 0 Å². The Morgan fingerprint density at radius 1 is 1.28 bits per heavy atom. The van der Waals surface area contributed by atoms with Gasteiger partial charge in [0.1, 0.15) is 4.21 Å². The third-order valence-electron chi connectivity index (χ3n) is 4.37. The average Bonchev–Trinajstić information content (AvgIpc) is 3.13. The molecule has 25 heavy (non-hydrogen) atoms. The third-order valence-corrected chi connectivity index (χ3v) is 7.84. The molecule has 0 saturated carbocycles. The predicted molar refractivity (Wildman–Crippen MR) is 95.1 cm³/mol. The molecule has 9 heteroatoms. The Balaban J connectivity index is 1.73. The summed E-state index contributed by atoms with van der Waals surface area (Å²) in [5, 5.41) is 9.04. The van der Waals surface area contributed by atoms with Crippen LogP contribution in [0.4, 0.5) is 4.79 Å². The zero-order valence-corrected chi connectivity index (χ0v) is 15.3. The second-order valence-corrected chi connectivity index (χ2v) is 9.11. The van der Waals surface area contributed by atoms with E-state index in [4.69, 9.17) is 5.11 Å². The van der Waals surface area contributed by atoms with Crippen LogP contribution < -0.4 is 0 Å². The number of aromatic nitrogens is 1. The minimum absolute atomic E-state index is 0.142. The molecular formula is C16H19N3O4S2. The number of rotatable bonds is 4. The van der Waals surface area contributed by atoms with E-state index in [1.807, 2.05) is 18.2 Å². The highest BCUT2D eigenvalue weighted by atomic mass is 32.2. The van der Waals surface area contributed by atoms with Gasteiger partial charge in [-0.05, 0) is 37.1 Å². The zero-order valence-electron chi connectivity index (χ0n) is 13.7. The van der Waals surface area contributed by atoms with E-state index in [1.54, 1.807) is 18.3 Å². The summed E-state index contributed by atoms with van der Waals surface area (Å²) < 4.78 is 27.4. The van der Waals surface area contributed by atoms with Gasteiger partial charge in [-0.3, -0.25) is 4.98 Å². The first-order valence-electron chi connectivity index (χ1n) is 7.87. The molecule has 1 fully saturated rings. The van der Waals surface area contributed by atoms with Gasteiger partial charge in [-0.1, -0.05) is 6.07 Å². The van der Waals surface area contributed by atoms with Gasteiger partial charge in [0.05, 0.1) is 10.6 Å². The predicted octanol–water partition coefficient (Wildman–Crippen LogP) is 2.57. The van der Waals surface area contributed by atoms with Crippen molar-refractivity contribution in [1.29, 1.82) is 0 Å². The van der Waals surface area contributed by atoms with Gasteiger partial charge < -0.3 is 10.0 Å². The van der Waals surface area contributed by atoms with Crippen molar-refractivity contribution < 1.29 is 18.3 Å². The molecule has 3 rings (SSSR count). The minimum Gasteiger partial charge on any atom is -0.465 e. The standard InChI is InChI=1S/C16H19N3O4S2/c1-18(16(20)21)12-7-10-19(11-8-12)25(22,23)15-6-5-14(24-15)13-4-2-3-9-17-13/h2-6,9,12H,7-8,10-11H2,1H3,(H,20,21). The molecular weight excluding hydrogens is 362 g/mol. The molecule has 1 aliphatic heterocycles. The highest BCUT2D eigenvalue weighted by Crippen LogP contribution is 2.32. The van der Waals surface area contributed by atoms with E-state index in [0.29, 0.717) is 25.9 Å². The van der Waals surface area contributed by atoms with E-state index in [0.717, 1.165) is 10.6 Å². The number of hydrogen-bond donors (Lipinski definition) is 1. The maximum Gasteiger partial charge on any atom is 0.407 e. The van der Waals surface area contributed by atoms with Crippen LogP contribution in [0.3, 0.4) is 0 Å². The monoisotopic (exact) mass is 381 g/mol. The summed E-state index contributed by atoms with van der Waals surface area (Å²) in [6, 6.07) is 8.75. The molecule has 1 amide bonds. The molecule has 0 bridgehead atoms. The second kappa shape index (κ2) is 7.11. The molecule has 0 unspecified atom stereocenters. The zero-order chi connectivity index (χ0) is 18.0. The average molecular weight is 381 g/mol. The normalized spacial score (nSPS) is 16.7. The van der Waals surface area contributed by atoms with Crippen molar-refractivity contribution in [1.82, 2.24) is 14.2 Å². The highest BCUT2D eigenvalue weighted by Gasteiger charge is 2.32. The van der Waals surface area contributed by atoms with Crippen LogP contribution in [0.5, 0.6) is 0 Å². The number of sulfonamides is 1. The van der Waals surface area contributed by atoms with Crippen LogP contribution in [-0.4, -0.2) is 60.0 Å².